The first-order valence-corrected chi connectivity index (χ1v) is 8.27. The number of likely N-dealkylation sites (tertiary alicyclic amines) is 1. The van der Waals surface area contributed by atoms with Gasteiger partial charge in [-0.3, -0.25) is 4.79 Å². The highest BCUT2D eigenvalue weighted by molar-refractivity contribution is 5.85. The van der Waals surface area contributed by atoms with Crippen LogP contribution < -0.4 is 5.32 Å². The molecule has 0 bridgehead atoms. The summed E-state index contributed by atoms with van der Waals surface area (Å²) in [5.41, 5.74) is 1.39. The molecule has 6 nitrogen and oxygen atoms in total. The maximum atomic E-state index is 12.7. The number of nitrogens with one attached hydrogen (secondary N) is 1. The van der Waals surface area contributed by atoms with Crippen molar-refractivity contribution in [2.75, 3.05) is 13.1 Å². The summed E-state index contributed by atoms with van der Waals surface area (Å²) in [7, 11) is 0. The van der Waals surface area contributed by atoms with Gasteiger partial charge in [-0.25, -0.2) is 4.79 Å². The molecule has 1 aliphatic rings. The fourth-order valence-electron chi connectivity index (χ4n) is 3.00. The minimum atomic E-state index is -1.20. The molecule has 1 atom stereocenters. The molecule has 1 aromatic carbocycles. The summed E-state index contributed by atoms with van der Waals surface area (Å²) in [6.07, 6.45) is 1.51. The molecule has 2 rings (SSSR count). The largest absolute Gasteiger partial charge is 0.465 e. The van der Waals surface area contributed by atoms with E-state index in [9.17, 15) is 9.59 Å². The first kappa shape index (κ1) is 17.8. The number of amides is 2. The topological polar surface area (TPSA) is 93.4 Å². The number of nitrogens with zero attached hydrogens (tertiary/aromatic N) is 2. The van der Waals surface area contributed by atoms with Gasteiger partial charge in [0, 0.05) is 13.1 Å². The molecule has 0 radical (unpaired) electrons. The first-order valence-electron chi connectivity index (χ1n) is 8.27. The van der Waals surface area contributed by atoms with Crippen LogP contribution in [0.3, 0.4) is 0 Å². The van der Waals surface area contributed by atoms with E-state index in [2.05, 4.69) is 18.3 Å². The molecule has 1 saturated heterocycles. The Labute approximate surface area is 142 Å². The maximum absolute atomic E-state index is 12.7. The molecule has 2 amide bonds. The van der Waals surface area contributed by atoms with Gasteiger partial charge in [0.2, 0.25) is 5.91 Å². The molecule has 0 saturated carbocycles. The number of carboxylic acid groups (broad SMARTS) is 1. The summed E-state index contributed by atoms with van der Waals surface area (Å²) in [5, 5.41) is 20.5. The van der Waals surface area contributed by atoms with Crippen molar-refractivity contribution in [2.45, 2.75) is 38.6 Å². The van der Waals surface area contributed by atoms with Crippen LogP contribution in [0.15, 0.2) is 24.3 Å². The molecule has 1 heterocycles. The van der Waals surface area contributed by atoms with E-state index in [1.807, 2.05) is 12.1 Å². The number of aryl methyl sites for hydroxylation is 1. The Bertz CT molecular complexity index is 631. The van der Waals surface area contributed by atoms with Gasteiger partial charge in [-0.05, 0) is 43.2 Å². The third-order valence-electron chi connectivity index (χ3n) is 4.53. The molecule has 0 aliphatic carbocycles. The summed E-state index contributed by atoms with van der Waals surface area (Å²) in [6, 6.07) is 8.54. The molecule has 2 N–H and O–H groups in total. The van der Waals surface area contributed by atoms with Crippen LogP contribution >= 0.6 is 0 Å². The van der Waals surface area contributed by atoms with Gasteiger partial charge in [0.1, 0.15) is 6.04 Å². The number of nitriles is 1. The lowest BCUT2D eigenvalue weighted by Crippen LogP contribution is -2.50. The van der Waals surface area contributed by atoms with E-state index in [-0.39, 0.29) is 5.91 Å². The Kier molecular flexibility index (Phi) is 6.19. The summed E-state index contributed by atoms with van der Waals surface area (Å²) in [5.74, 6) is 0.432. The highest BCUT2D eigenvalue weighted by atomic mass is 16.4. The Morgan fingerprint density at radius 3 is 2.67 bits per heavy atom. The summed E-state index contributed by atoms with van der Waals surface area (Å²) in [4.78, 5) is 25.4. The van der Waals surface area contributed by atoms with Crippen LogP contribution in [0.25, 0.3) is 0 Å². The van der Waals surface area contributed by atoms with Crippen LogP contribution in [0.1, 0.15) is 37.3 Å². The van der Waals surface area contributed by atoms with Crippen molar-refractivity contribution in [2.24, 2.45) is 5.92 Å². The van der Waals surface area contributed by atoms with Gasteiger partial charge < -0.3 is 15.3 Å². The second-order valence-electron chi connectivity index (χ2n) is 6.32. The first-order chi connectivity index (χ1) is 11.5. The lowest BCUT2D eigenvalue weighted by molar-refractivity contribution is -0.134. The van der Waals surface area contributed by atoms with E-state index in [0.29, 0.717) is 37.4 Å². The Balaban J connectivity index is 2.04. The van der Waals surface area contributed by atoms with Gasteiger partial charge in [0.05, 0.1) is 11.6 Å². The number of hydrogen-bond acceptors (Lipinski definition) is 3. The Morgan fingerprint density at radius 2 is 2.04 bits per heavy atom. The fraction of sp³-hybridized carbons (Fsp3) is 0.500. The van der Waals surface area contributed by atoms with Crippen LogP contribution in [-0.4, -0.2) is 41.1 Å². The minimum Gasteiger partial charge on any atom is -0.465 e. The van der Waals surface area contributed by atoms with E-state index < -0.39 is 12.1 Å². The number of carbonyl (C=O) groups is 2. The lowest BCUT2D eigenvalue weighted by Gasteiger charge is -2.33. The Morgan fingerprint density at radius 1 is 1.38 bits per heavy atom. The average molecular weight is 329 g/mol. The predicted octanol–water partition coefficient (Wildman–Crippen LogP) is 2.39. The van der Waals surface area contributed by atoms with Gasteiger partial charge in [0.15, 0.2) is 0 Å². The van der Waals surface area contributed by atoms with Crippen molar-refractivity contribution < 1.29 is 14.7 Å². The van der Waals surface area contributed by atoms with Crippen LogP contribution in [0.5, 0.6) is 0 Å². The Hall–Kier alpha value is -2.55. The molecular formula is C18H23N3O3. The zero-order valence-corrected chi connectivity index (χ0v) is 13.9. The second-order valence-corrected chi connectivity index (χ2v) is 6.32. The zero-order valence-electron chi connectivity index (χ0n) is 13.9. The lowest BCUT2D eigenvalue weighted by atomic mass is 9.97. The van der Waals surface area contributed by atoms with Crippen LogP contribution in [-0.2, 0) is 11.2 Å². The third kappa shape index (κ3) is 4.72. The van der Waals surface area contributed by atoms with Gasteiger partial charge in [-0.15, -0.1) is 0 Å². The van der Waals surface area contributed by atoms with Crippen molar-refractivity contribution in [3.8, 4) is 6.07 Å². The van der Waals surface area contributed by atoms with Crippen LogP contribution in [0, 0.1) is 17.2 Å². The molecular weight excluding hydrogens is 306 g/mol. The van der Waals surface area contributed by atoms with Crippen LogP contribution in [0.4, 0.5) is 4.79 Å². The number of rotatable bonds is 5. The van der Waals surface area contributed by atoms with E-state index in [4.69, 9.17) is 10.4 Å². The van der Waals surface area contributed by atoms with Crippen molar-refractivity contribution in [1.82, 2.24) is 10.2 Å². The molecule has 128 valence electrons. The molecule has 1 unspecified atom stereocenters. The number of carbonyl (C=O) groups excluding carboxylic acids is 1. The van der Waals surface area contributed by atoms with E-state index >= 15 is 0 Å². The van der Waals surface area contributed by atoms with Crippen LogP contribution in [0.2, 0.25) is 0 Å². The third-order valence-corrected chi connectivity index (χ3v) is 4.53. The van der Waals surface area contributed by atoms with Crippen molar-refractivity contribution >= 4 is 12.0 Å². The predicted molar refractivity (Wildman–Crippen MR) is 89.4 cm³/mol. The van der Waals surface area contributed by atoms with Crippen molar-refractivity contribution in [3.63, 3.8) is 0 Å². The molecule has 0 spiro atoms. The summed E-state index contributed by atoms with van der Waals surface area (Å²) < 4.78 is 0. The molecule has 24 heavy (non-hydrogen) atoms. The van der Waals surface area contributed by atoms with E-state index in [0.717, 1.165) is 18.4 Å². The number of piperidine rings is 1. The quantitative estimate of drug-likeness (QED) is 0.867. The van der Waals surface area contributed by atoms with Gasteiger partial charge in [0.25, 0.3) is 0 Å². The van der Waals surface area contributed by atoms with Gasteiger partial charge >= 0.3 is 6.09 Å². The zero-order chi connectivity index (χ0) is 17.5. The average Bonchev–Trinajstić information content (AvgIpc) is 2.58. The minimum absolute atomic E-state index is 0.168. The number of hydrogen-bond donors (Lipinski definition) is 2. The summed E-state index contributed by atoms with van der Waals surface area (Å²) >= 11 is 0. The van der Waals surface area contributed by atoms with E-state index in [1.165, 1.54) is 0 Å². The molecule has 1 aliphatic heterocycles. The fourth-order valence-corrected chi connectivity index (χ4v) is 3.00. The standard InChI is InChI=1S/C18H23N3O3/c1-13-8-10-21(11-9-13)17(22)16(20-18(23)24)7-6-14-4-2-3-5-15(14)12-19/h2-5,13,16,20H,6-11H2,1H3,(H,23,24). The van der Waals surface area contributed by atoms with Gasteiger partial charge in [-0.1, -0.05) is 25.1 Å². The highest BCUT2D eigenvalue weighted by Crippen LogP contribution is 2.18. The highest BCUT2D eigenvalue weighted by Gasteiger charge is 2.28. The molecule has 0 aromatic heterocycles. The normalized spacial score (nSPS) is 16.2. The second kappa shape index (κ2) is 8.34. The molecule has 1 aromatic rings. The SMILES string of the molecule is CC1CCN(C(=O)C(CCc2ccccc2C#N)NC(=O)O)CC1. The maximum Gasteiger partial charge on any atom is 0.405 e. The van der Waals surface area contributed by atoms with Crippen molar-refractivity contribution in [3.05, 3.63) is 35.4 Å². The molecule has 1 fully saturated rings. The monoisotopic (exact) mass is 329 g/mol. The number of benzene rings is 1. The smallest absolute Gasteiger partial charge is 0.405 e. The molecule has 6 heteroatoms. The van der Waals surface area contributed by atoms with E-state index in [1.54, 1.807) is 17.0 Å². The summed E-state index contributed by atoms with van der Waals surface area (Å²) in [6.45, 7) is 3.51. The van der Waals surface area contributed by atoms with Crippen molar-refractivity contribution in [1.29, 1.82) is 5.26 Å². The van der Waals surface area contributed by atoms with Gasteiger partial charge in [-0.2, -0.15) is 5.26 Å².